The van der Waals surface area contributed by atoms with Crippen LogP contribution < -0.4 is 25.0 Å². The largest absolute Gasteiger partial charge is 0.493 e. The Kier molecular flexibility index (Phi) is 9.80. The van der Waals surface area contributed by atoms with Crippen molar-refractivity contribution in [2.75, 3.05) is 38.8 Å². The maximum Gasteiger partial charge on any atom is 0.261 e. The van der Waals surface area contributed by atoms with Gasteiger partial charge in [0.05, 0.1) is 31.7 Å². The Balaban J connectivity index is 1.70. The summed E-state index contributed by atoms with van der Waals surface area (Å²) in [6.45, 7) is 0.627. The molecular formula is C28H30ClN3O6S. The topological polar surface area (TPSA) is 106 Å². The van der Waals surface area contributed by atoms with E-state index in [0.29, 0.717) is 45.8 Å². The minimum Gasteiger partial charge on any atom is -0.493 e. The first-order valence-corrected chi connectivity index (χ1v) is 13.7. The molecule has 0 aliphatic carbocycles. The normalized spacial score (nSPS) is 15.3. The number of hydrogen-bond acceptors (Lipinski definition) is 7. The molecule has 3 aromatic rings. The van der Waals surface area contributed by atoms with Gasteiger partial charge in [0.15, 0.2) is 11.5 Å². The molecule has 206 valence electrons. The van der Waals surface area contributed by atoms with Crippen LogP contribution in [0.1, 0.15) is 34.1 Å². The second kappa shape index (κ2) is 13.5. The van der Waals surface area contributed by atoms with Crippen molar-refractivity contribution < 1.29 is 28.6 Å². The van der Waals surface area contributed by atoms with Gasteiger partial charge in [0.2, 0.25) is 11.8 Å². The van der Waals surface area contributed by atoms with Gasteiger partial charge >= 0.3 is 0 Å². The van der Waals surface area contributed by atoms with Crippen LogP contribution in [-0.4, -0.2) is 57.7 Å². The summed E-state index contributed by atoms with van der Waals surface area (Å²) >= 11 is 7.40. The van der Waals surface area contributed by atoms with Crippen LogP contribution in [-0.2, 0) is 14.3 Å². The van der Waals surface area contributed by atoms with Gasteiger partial charge in [-0.2, -0.15) is 0 Å². The van der Waals surface area contributed by atoms with Crippen LogP contribution >= 0.6 is 22.9 Å². The van der Waals surface area contributed by atoms with Crippen LogP contribution in [0.15, 0.2) is 60.0 Å². The first-order valence-electron chi connectivity index (χ1n) is 12.4. The molecule has 4 rings (SSSR count). The summed E-state index contributed by atoms with van der Waals surface area (Å²) in [5.74, 6) is -0.395. The van der Waals surface area contributed by atoms with Crippen molar-refractivity contribution in [3.05, 3.63) is 75.4 Å². The van der Waals surface area contributed by atoms with Crippen LogP contribution in [0.5, 0.6) is 11.5 Å². The number of nitrogens with zero attached hydrogens (tertiary/aromatic N) is 1. The van der Waals surface area contributed by atoms with Gasteiger partial charge in [0, 0.05) is 23.9 Å². The summed E-state index contributed by atoms with van der Waals surface area (Å²) in [6, 6.07) is 14.0. The summed E-state index contributed by atoms with van der Waals surface area (Å²) in [4.78, 5) is 42.0. The Bertz CT molecular complexity index is 1280. The van der Waals surface area contributed by atoms with E-state index in [0.717, 1.165) is 12.8 Å². The average molecular weight is 572 g/mol. The number of benzene rings is 2. The lowest BCUT2D eigenvalue weighted by atomic mass is 10.0. The quantitative estimate of drug-likeness (QED) is 0.357. The van der Waals surface area contributed by atoms with Gasteiger partial charge in [-0.1, -0.05) is 23.7 Å². The van der Waals surface area contributed by atoms with E-state index >= 15 is 0 Å². The van der Waals surface area contributed by atoms with E-state index in [1.807, 2.05) is 0 Å². The molecule has 39 heavy (non-hydrogen) atoms. The van der Waals surface area contributed by atoms with Crippen LogP contribution in [0.2, 0.25) is 5.02 Å². The molecule has 1 fully saturated rings. The fourth-order valence-electron chi connectivity index (χ4n) is 4.33. The van der Waals surface area contributed by atoms with Crippen LogP contribution in [0.25, 0.3) is 0 Å². The summed E-state index contributed by atoms with van der Waals surface area (Å²) in [7, 11) is 3.01. The number of carbonyl (C=O) groups excluding carboxylic acids is 3. The van der Waals surface area contributed by atoms with E-state index in [-0.39, 0.29) is 18.6 Å². The van der Waals surface area contributed by atoms with E-state index in [2.05, 4.69) is 10.6 Å². The lowest BCUT2D eigenvalue weighted by Gasteiger charge is -2.32. The molecule has 0 unspecified atom stereocenters. The maximum atomic E-state index is 13.8. The summed E-state index contributed by atoms with van der Waals surface area (Å²) < 4.78 is 16.5. The molecule has 1 saturated heterocycles. The minimum atomic E-state index is -1.10. The highest BCUT2D eigenvalue weighted by atomic mass is 35.5. The Morgan fingerprint density at radius 1 is 1.08 bits per heavy atom. The molecule has 2 N–H and O–H groups in total. The molecule has 0 spiro atoms. The highest BCUT2D eigenvalue weighted by Gasteiger charge is 2.34. The Hall–Kier alpha value is -3.60. The van der Waals surface area contributed by atoms with E-state index in [9.17, 15) is 14.4 Å². The van der Waals surface area contributed by atoms with Crippen molar-refractivity contribution in [1.82, 2.24) is 10.6 Å². The Labute approximate surface area is 236 Å². The fraction of sp³-hybridized carbons (Fsp3) is 0.321. The Morgan fingerprint density at radius 2 is 1.85 bits per heavy atom. The van der Waals surface area contributed by atoms with Crippen molar-refractivity contribution >= 4 is 46.3 Å². The molecule has 0 radical (unpaired) electrons. The first-order chi connectivity index (χ1) is 18.9. The molecule has 0 bridgehead atoms. The molecule has 1 aromatic heterocycles. The number of methoxy groups -OCH3 is 2. The third kappa shape index (κ3) is 7.08. The third-order valence-corrected chi connectivity index (χ3v) is 7.40. The van der Waals surface area contributed by atoms with E-state index in [4.69, 9.17) is 25.8 Å². The molecule has 2 atom stereocenters. The minimum absolute atomic E-state index is 0.0928. The lowest BCUT2D eigenvalue weighted by Crippen LogP contribution is -2.48. The maximum absolute atomic E-state index is 13.8. The van der Waals surface area contributed by atoms with Crippen molar-refractivity contribution in [3.63, 3.8) is 0 Å². The van der Waals surface area contributed by atoms with Crippen LogP contribution in [0.3, 0.4) is 0 Å². The predicted octanol–water partition coefficient (Wildman–Crippen LogP) is 4.22. The van der Waals surface area contributed by atoms with Gasteiger partial charge in [-0.3, -0.25) is 19.3 Å². The zero-order valence-corrected chi connectivity index (χ0v) is 23.2. The lowest BCUT2D eigenvalue weighted by molar-refractivity contribution is -0.126. The average Bonchev–Trinajstić information content (AvgIpc) is 3.68. The number of anilines is 1. The number of nitrogens with one attached hydrogen (secondary N) is 2. The summed E-state index contributed by atoms with van der Waals surface area (Å²) in [5.41, 5.74) is 0.923. The SMILES string of the molecule is COc1ccc([C@H](C(=O)NC[C@@H]2CCCO2)N(C(=O)CNC(=O)c2cccs2)c2ccc(Cl)cc2)cc1OC. The van der Waals surface area contributed by atoms with E-state index < -0.39 is 17.9 Å². The zero-order valence-electron chi connectivity index (χ0n) is 21.6. The molecule has 11 heteroatoms. The van der Waals surface area contributed by atoms with Crippen LogP contribution in [0.4, 0.5) is 5.69 Å². The number of carbonyl (C=O) groups is 3. The molecule has 9 nitrogen and oxygen atoms in total. The standard InChI is InChI=1S/C28H30ClN3O6S/c1-36-22-12-7-18(15-23(22)37-2)26(28(35)30-16-21-5-3-13-38-21)32(20-10-8-19(29)9-11-20)25(33)17-31-27(34)24-6-4-14-39-24/h4,6-12,14-15,21,26H,3,5,13,16-17H2,1-2H3,(H,30,35)(H,31,34)/t21-,26+/m0/s1. The van der Waals surface area contributed by atoms with Crippen molar-refractivity contribution in [2.45, 2.75) is 25.0 Å². The molecular weight excluding hydrogens is 542 g/mol. The van der Waals surface area contributed by atoms with Gasteiger partial charge < -0.3 is 24.8 Å². The highest BCUT2D eigenvalue weighted by Crippen LogP contribution is 2.35. The monoisotopic (exact) mass is 571 g/mol. The van der Waals surface area contributed by atoms with Gasteiger partial charge in [-0.25, -0.2) is 0 Å². The predicted molar refractivity (Wildman–Crippen MR) is 150 cm³/mol. The van der Waals surface area contributed by atoms with Gasteiger partial charge in [0.25, 0.3) is 5.91 Å². The molecule has 2 aromatic carbocycles. The number of hydrogen-bond donors (Lipinski definition) is 2. The Morgan fingerprint density at radius 3 is 2.49 bits per heavy atom. The first kappa shape index (κ1) is 28.4. The third-order valence-electron chi connectivity index (χ3n) is 6.28. The number of rotatable bonds is 11. The second-order valence-corrected chi connectivity index (χ2v) is 10.2. The van der Waals surface area contributed by atoms with E-state index in [1.54, 1.807) is 60.0 Å². The van der Waals surface area contributed by atoms with Crippen molar-refractivity contribution in [2.24, 2.45) is 0 Å². The summed E-state index contributed by atoms with van der Waals surface area (Å²) in [6.07, 6.45) is 1.68. The molecule has 3 amide bonds. The van der Waals surface area contributed by atoms with Gasteiger partial charge in [-0.15, -0.1) is 11.3 Å². The fourth-order valence-corrected chi connectivity index (χ4v) is 5.10. The van der Waals surface area contributed by atoms with Crippen molar-refractivity contribution in [1.29, 1.82) is 0 Å². The number of thiophene rings is 1. The van der Waals surface area contributed by atoms with Gasteiger partial charge in [0.1, 0.15) is 6.04 Å². The molecule has 0 saturated carbocycles. The van der Waals surface area contributed by atoms with Crippen LogP contribution in [0, 0.1) is 0 Å². The number of ether oxygens (including phenoxy) is 3. The van der Waals surface area contributed by atoms with Gasteiger partial charge in [-0.05, 0) is 66.2 Å². The van der Waals surface area contributed by atoms with E-state index in [1.165, 1.54) is 30.5 Å². The summed E-state index contributed by atoms with van der Waals surface area (Å²) in [5, 5.41) is 7.87. The highest BCUT2D eigenvalue weighted by molar-refractivity contribution is 7.12. The second-order valence-electron chi connectivity index (χ2n) is 8.80. The number of halogens is 1. The smallest absolute Gasteiger partial charge is 0.261 e. The molecule has 2 heterocycles. The molecule has 1 aliphatic rings. The number of amides is 3. The van der Waals surface area contributed by atoms with Crippen molar-refractivity contribution in [3.8, 4) is 11.5 Å². The zero-order chi connectivity index (χ0) is 27.8. The molecule has 1 aliphatic heterocycles.